The first-order valence-corrected chi connectivity index (χ1v) is 11.6. The Hall–Kier alpha value is -2.29. The van der Waals surface area contributed by atoms with Gasteiger partial charge in [0.25, 0.3) is 0 Å². The standard InChI is InChI=1S/C22H27FN2O4S/c1-16-6-3-10-21(17(16)2)24-22(26)14-25(13-20-9-5-11-29-20)30(27,28)15-18-7-4-8-19(23)12-18/h3-4,6-8,10,12,20H,5,9,11,13-15H2,1-2H3,(H,24,26). The van der Waals surface area contributed by atoms with Crippen molar-refractivity contribution in [2.75, 3.05) is 25.0 Å². The minimum atomic E-state index is -3.86. The maximum Gasteiger partial charge on any atom is 0.239 e. The minimum Gasteiger partial charge on any atom is -0.377 e. The van der Waals surface area contributed by atoms with Gasteiger partial charge in [-0.25, -0.2) is 12.8 Å². The summed E-state index contributed by atoms with van der Waals surface area (Å²) in [7, 11) is -3.86. The van der Waals surface area contributed by atoms with Gasteiger partial charge in [-0.2, -0.15) is 4.31 Å². The lowest BCUT2D eigenvalue weighted by Gasteiger charge is -2.24. The zero-order chi connectivity index (χ0) is 21.7. The number of nitrogens with zero attached hydrogens (tertiary/aromatic N) is 1. The Balaban J connectivity index is 1.77. The fourth-order valence-corrected chi connectivity index (χ4v) is 4.95. The van der Waals surface area contributed by atoms with Crippen LogP contribution in [0.1, 0.15) is 29.5 Å². The molecule has 1 unspecified atom stereocenters. The molecule has 2 aromatic carbocycles. The highest BCUT2D eigenvalue weighted by molar-refractivity contribution is 7.88. The summed E-state index contributed by atoms with van der Waals surface area (Å²) in [5, 5.41) is 2.81. The van der Waals surface area contributed by atoms with Gasteiger partial charge in [-0.05, 0) is 61.6 Å². The molecule has 0 aromatic heterocycles. The van der Waals surface area contributed by atoms with Crippen molar-refractivity contribution in [3.05, 3.63) is 65.0 Å². The highest BCUT2D eigenvalue weighted by atomic mass is 32.2. The van der Waals surface area contributed by atoms with Crippen LogP contribution in [0.25, 0.3) is 0 Å². The third kappa shape index (κ3) is 5.87. The molecular weight excluding hydrogens is 407 g/mol. The second-order valence-electron chi connectivity index (χ2n) is 7.61. The predicted octanol–water partition coefficient (Wildman–Crippen LogP) is 3.39. The first-order chi connectivity index (χ1) is 14.2. The van der Waals surface area contributed by atoms with Crippen molar-refractivity contribution in [3.63, 3.8) is 0 Å². The third-order valence-corrected chi connectivity index (χ3v) is 7.02. The van der Waals surface area contributed by atoms with Crippen molar-refractivity contribution < 1.29 is 22.3 Å². The number of aryl methyl sites for hydroxylation is 1. The number of anilines is 1. The van der Waals surface area contributed by atoms with Crippen LogP contribution in [-0.4, -0.2) is 44.4 Å². The van der Waals surface area contributed by atoms with E-state index < -0.39 is 21.7 Å². The van der Waals surface area contributed by atoms with E-state index in [9.17, 15) is 17.6 Å². The lowest BCUT2D eigenvalue weighted by molar-refractivity contribution is -0.116. The fourth-order valence-electron chi connectivity index (χ4n) is 3.46. The van der Waals surface area contributed by atoms with E-state index >= 15 is 0 Å². The smallest absolute Gasteiger partial charge is 0.239 e. The SMILES string of the molecule is Cc1cccc(NC(=O)CN(CC2CCCO2)S(=O)(=O)Cc2cccc(F)c2)c1C. The van der Waals surface area contributed by atoms with E-state index in [1.54, 1.807) is 12.1 Å². The summed E-state index contributed by atoms with van der Waals surface area (Å²) < 4.78 is 46.4. The zero-order valence-electron chi connectivity index (χ0n) is 17.2. The lowest BCUT2D eigenvalue weighted by atomic mass is 10.1. The number of carbonyl (C=O) groups excluding carboxylic acids is 1. The maximum absolute atomic E-state index is 13.5. The van der Waals surface area contributed by atoms with Gasteiger partial charge in [0.15, 0.2) is 0 Å². The second-order valence-corrected chi connectivity index (χ2v) is 9.58. The number of halogens is 1. The van der Waals surface area contributed by atoms with Gasteiger partial charge in [0.2, 0.25) is 15.9 Å². The number of ether oxygens (including phenoxy) is 1. The van der Waals surface area contributed by atoms with Gasteiger partial charge in [0.05, 0.1) is 18.4 Å². The number of amides is 1. The van der Waals surface area contributed by atoms with Crippen LogP contribution in [-0.2, 0) is 25.3 Å². The normalized spacial score (nSPS) is 16.7. The first-order valence-electron chi connectivity index (χ1n) is 9.94. The van der Waals surface area contributed by atoms with E-state index in [0.717, 1.165) is 28.3 Å². The lowest BCUT2D eigenvalue weighted by Crippen LogP contribution is -2.42. The van der Waals surface area contributed by atoms with Gasteiger partial charge in [-0.3, -0.25) is 4.79 Å². The van der Waals surface area contributed by atoms with Gasteiger partial charge in [0.1, 0.15) is 5.82 Å². The third-order valence-electron chi connectivity index (χ3n) is 5.26. The Kier molecular flexibility index (Phi) is 7.23. The number of carbonyl (C=O) groups is 1. The molecule has 1 amide bonds. The molecule has 0 saturated carbocycles. The average Bonchev–Trinajstić information content (AvgIpc) is 3.18. The highest BCUT2D eigenvalue weighted by Crippen LogP contribution is 2.20. The summed E-state index contributed by atoms with van der Waals surface area (Å²) in [6, 6.07) is 11.0. The van der Waals surface area contributed by atoms with Gasteiger partial charge < -0.3 is 10.1 Å². The number of rotatable bonds is 8. The van der Waals surface area contributed by atoms with E-state index in [4.69, 9.17) is 4.74 Å². The van der Waals surface area contributed by atoms with Crippen LogP contribution in [0.2, 0.25) is 0 Å². The van der Waals surface area contributed by atoms with Crippen molar-refractivity contribution in [1.82, 2.24) is 4.31 Å². The summed E-state index contributed by atoms with van der Waals surface area (Å²) in [5.41, 5.74) is 2.95. The number of benzene rings is 2. The largest absolute Gasteiger partial charge is 0.377 e. The molecule has 1 N–H and O–H groups in total. The predicted molar refractivity (Wildman–Crippen MR) is 114 cm³/mol. The molecule has 1 aliphatic rings. The molecule has 2 aromatic rings. The summed E-state index contributed by atoms with van der Waals surface area (Å²) >= 11 is 0. The molecule has 6 nitrogen and oxygen atoms in total. The van der Waals surface area contributed by atoms with Gasteiger partial charge in [-0.15, -0.1) is 0 Å². The Bertz CT molecular complexity index is 1000. The van der Waals surface area contributed by atoms with Crippen molar-refractivity contribution in [1.29, 1.82) is 0 Å². The quantitative estimate of drug-likeness (QED) is 0.691. The molecule has 1 atom stereocenters. The molecule has 0 spiro atoms. The molecule has 1 saturated heterocycles. The highest BCUT2D eigenvalue weighted by Gasteiger charge is 2.30. The molecule has 0 aliphatic carbocycles. The van der Waals surface area contributed by atoms with Crippen LogP contribution in [0.4, 0.5) is 10.1 Å². The number of nitrogens with one attached hydrogen (secondary N) is 1. The Morgan fingerprint density at radius 2 is 2.00 bits per heavy atom. The Labute approximate surface area is 177 Å². The van der Waals surface area contributed by atoms with Gasteiger partial charge in [-0.1, -0.05) is 24.3 Å². The second kappa shape index (κ2) is 9.68. The van der Waals surface area contributed by atoms with Crippen molar-refractivity contribution >= 4 is 21.6 Å². The van der Waals surface area contributed by atoms with E-state index in [1.807, 2.05) is 26.0 Å². The van der Waals surface area contributed by atoms with Crippen molar-refractivity contribution in [3.8, 4) is 0 Å². The molecule has 1 aliphatic heterocycles. The van der Waals surface area contributed by atoms with Gasteiger partial charge >= 0.3 is 0 Å². The van der Waals surface area contributed by atoms with Crippen LogP contribution < -0.4 is 5.32 Å². The first kappa shape index (κ1) is 22.4. The molecule has 8 heteroatoms. The van der Waals surface area contributed by atoms with Crippen LogP contribution in [0.3, 0.4) is 0 Å². The zero-order valence-corrected chi connectivity index (χ0v) is 18.0. The van der Waals surface area contributed by atoms with Crippen LogP contribution in [0.15, 0.2) is 42.5 Å². The summed E-state index contributed by atoms with van der Waals surface area (Å²) in [6.45, 7) is 4.19. The van der Waals surface area contributed by atoms with Crippen molar-refractivity contribution in [2.24, 2.45) is 0 Å². The van der Waals surface area contributed by atoms with E-state index in [0.29, 0.717) is 17.9 Å². The molecular formula is C22H27FN2O4S. The Morgan fingerprint density at radius 3 is 2.70 bits per heavy atom. The van der Waals surface area contributed by atoms with E-state index in [-0.39, 0.29) is 24.9 Å². The molecule has 1 fully saturated rings. The molecule has 0 radical (unpaired) electrons. The monoisotopic (exact) mass is 434 g/mol. The molecule has 30 heavy (non-hydrogen) atoms. The number of hydrogen-bond donors (Lipinski definition) is 1. The van der Waals surface area contributed by atoms with Crippen LogP contribution in [0.5, 0.6) is 0 Å². The summed E-state index contributed by atoms with van der Waals surface area (Å²) in [5.74, 6) is -1.31. The van der Waals surface area contributed by atoms with Gasteiger partial charge in [0, 0.05) is 18.8 Å². The minimum absolute atomic E-state index is 0.0951. The average molecular weight is 435 g/mol. The molecule has 0 bridgehead atoms. The number of sulfonamides is 1. The van der Waals surface area contributed by atoms with Crippen LogP contribution >= 0.6 is 0 Å². The summed E-state index contributed by atoms with van der Waals surface area (Å²) in [6.07, 6.45) is 1.35. The number of hydrogen-bond acceptors (Lipinski definition) is 4. The summed E-state index contributed by atoms with van der Waals surface area (Å²) in [4.78, 5) is 12.7. The van der Waals surface area contributed by atoms with E-state index in [2.05, 4.69) is 5.32 Å². The molecule has 162 valence electrons. The van der Waals surface area contributed by atoms with Crippen LogP contribution in [0, 0.1) is 19.7 Å². The maximum atomic E-state index is 13.5. The molecule has 1 heterocycles. The molecule has 3 rings (SSSR count). The van der Waals surface area contributed by atoms with E-state index in [1.165, 1.54) is 18.2 Å². The Morgan fingerprint density at radius 1 is 1.23 bits per heavy atom. The van der Waals surface area contributed by atoms with Crippen molar-refractivity contribution in [2.45, 2.75) is 38.5 Å². The topological polar surface area (TPSA) is 75.7 Å². The fraction of sp³-hybridized carbons (Fsp3) is 0.409.